The van der Waals surface area contributed by atoms with Gasteiger partial charge in [-0.3, -0.25) is 0 Å². The third kappa shape index (κ3) is 3.85. The van der Waals surface area contributed by atoms with Crippen molar-refractivity contribution in [3.8, 4) is 0 Å². The molecule has 2 nitrogen and oxygen atoms in total. The van der Waals surface area contributed by atoms with E-state index in [-0.39, 0.29) is 6.04 Å². The highest BCUT2D eigenvalue weighted by atomic mass is 79.9. The molecule has 2 rings (SSSR count). The summed E-state index contributed by atoms with van der Waals surface area (Å²) in [4.78, 5) is 0. The summed E-state index contributed by atoms with van der Waals surface area (Å²) in [6.07, 6.45) is 1.07. The number of benzene rings is 1. The van der Waals surface area contributed by atoms with E-state index >= 15 is 0 Å². The van der Waals surface area contributed by atoms with Gasteiger partial charge in [0.15, 0.2) is 4.67 Å². The van der Waals surface area contributed by atoms with Crippen LogP contribution in [0.15, 0.2) is 39.4 Å². The van der Waals surface area contributed by atoms with Gasteiger partial charge in [-0.2, -0.15) is 0 Å². The molecule has 0 aliphatic carbocycles. The molecular weight excluding hydrogens is 326 g/mol. The molecule has 0 aliphatic heterocycles. The van der Waals surface area contributed by atoms with Crippen LogP contribution in [0.3, 0.4) is 0 Å². The number of hydrogen-bond acceptors (Lipinski definition) is 2. The van der Waals surface area contributed by atoms with E-state index in [0.717, 1.165) is 39.5 Å². The largest absolute Gasteiger partial charge is 0.452 e. The molecule has 0 fully saturated rings. The van der Waals surface area contributed by atoms with Gasteiger partial charge in [-0.25, -0.2) is 0 Å². The normalized spacial score (nSPS) is 12.6. The van der Waals surface area contributed by atoms with Crippen molar-refractivity contribution >= 4 is 27.5 Å². The summed E-state index contributed by atoms with van der Waals surface area (Å²) in [5, 5.41) is 4.25. The van der Waals surface area contributed by atoms with E-state index < -0.39 is 0 Å². The average molecular weight is 343 g/mol. The fourth-order valence-corrected chi connectivity index (χ4v) is 2.70. The summed E-state index contributed by atoms with van der Waals surface area (Å²) in [5.41, 5.74) is 2.27. The van der Waals surface area contributed by atoms with Crippen LogP contribution in [0.5, 0.6) is 0 Å². The van der Waals surface area contributed by atoms with E-state index in [1.807, 2.05) is 31.2 Å². The van der Waals surface area contributed by atoms with Crippen LogP contribution in [-0.2, 0) is 0 Å². The van der Waals surface area contributed by atoms with Crippen LogP contribution in [0.4, 0.5) is 0 Å². The molecule has 2 aromatic rings. The summed E-state index contributed by atoms with van der Waals surface area (Å²) in [7, 11) is 0. The number of aryl methyl sites for hydroxylation is 1. The number of nitrogens with one attached hydrogen (secondary N) is 1. The summed E-state index contributed by atoms with van der Waals surface area (Å²) in [6, 6.07) is 10.00. The van der Waals surface area contributed by atoms with Gasteiger partial charge in [0.05, 0.1) is 6.04 Å². The van der Waals surface area contributed by atoms with Gasteiger partial charge < -0.3 is 9.73 Å². The van der Waals surface area contributed by atoms with E-state index in [2.05, 4.69) is 34.2 Å². The first kappa shape index (κ1) is 14.6. The molecule has 0 bridgehead atoms. The van der Waals surface area contributed by atoms with Gasteiger partial charge in [0, 0.05) is 5.02 Å². The van der Waals surface area contributed by atoms with Gasteiger partial charge in [-0.1, -0.05) is 24.6 Å². The maximum Gasteiger partial charge on any atom is 0.169 e. The minimum atomic E-state index is 0.0312. The molecule has 4 heteroatoms. The zero-order chi connectivity index (χ0) is 13.8. The van der Waals surface area contributed by atoms with Crippen LogP contribution in [0, 0.1) is 6.92 Å². The van der Waals surface area contributed by atoms with E-state index in [1.54, 1.807) is 0 Å². The lowest BCUT2D eigenvalue weighted by molar-refractivity contribution is 0.433. The fourth-order valence-electron chi connectivity index (χ4n) is 2.09. The number of halogens is 2. The molecule has 0 aliphatic rings. The SMILES string of the molecule is CCCNC(c1cc(C)cc(Cl)c1)c1ccc(Br)o1. The molecular formula is C15H17BrClNO. The minimum Gasteiger partial charge on any atom is -0.452 e. The molecule has 0 saturated heterocycles. The zero-order valence-electron chi connectivity index (χ0n) is 11.0. The highest BCUT2D eigenvalue weighted by Crippen LogP contribution is 2.28. The summed E-state index contributed by atoms with van der Waals surface area (Å²) in [6.45, 7) is 5.12. The van der Waals surface area contributed by atoms with Crippen molar-refractivity contribution in [2.45, 2.75) is 26.3 Å². The van der Waals surface area contributed by atoms with Crippen LogP contribution in [0.2, 0.25) is 5.02 Å². The van der Waals surface area contributed by atoms with E-state index in [1.165, 1.54) is 0 Å². The second-order valence-corrected chi connectivity index (χ2v) is 5.81. The highest BCUT2D eigenvalue weighted by Gasteiger charge is 2.17. The first-order valence-electron chi connectivity index (χ1n) is 6.36. The van der Waals surface area contributed by atoms with Crippen molar-refractivity contribution in [2.75, 3.05) is 6.54 Å². The van der Waals surface area contributed by atoms with E-state index in [4.69, 9.17) is 16.0 Å². The van der Waals surface area contributed by atoms with Crippen LogP contribution >= 0.6 is 27.5 Å². The Kier molecular flexibility index (Phi) is 5.08. The molecule has 1 unspecified atom stereocenters. The molecule has 19 heavy (non-hydrogen) atoms. The summed E-state index contributed by atoms with van der Waals surface area (Å²) >= 11 is 9.50. The Morgan fingerprint density at radius 1 is 1.32 bits per heavy atom. The smallest absolute Gasteiger partial charge is 0.169 e. The van der Waals surface area contributed by atoms with Crippen molar-refractivity contribution in [1.29, 1.82) is 0 Å². The second-order valence-electron chi connectivity index (χ2n) is 4.59. The lowest BCUT2D eigenvalue weighted by atomic mass is 10.0. The highest BCUT2D eigenvalue weighted by molar-refractivity contribution is 9.10. The predicted molar refractivity (Wildman–Crippen MR) is 82.7 cm³/mol. The summed E-state index contributed by atoms with van der Waals surface area (Å²) in [5.74, 6) is 0.891. The Balaban J connectivity index is 2.36. The van der Waals surface area contributed by atoms with Crippen LogP contribution in [0.1, 0.15) is 36.3 Å². The molecule has 0 saturated carbocycles. The van der Waals surface area contributed by atoms with Crippen molar-refractivity contribution in [1.82, 2.24) is 5.32 Å². The maximum atomic E-state index is 6.15. The lowest BCUT2D eigenvalue weighted by Crippen LogP contribution is -2.22. The molecule has 0 spiro atoms. The van der Waals surface area contributed by atoms with Crippen molar-refractivity contribution in [3.05, 3.63) is 56.9 Å². The van der Waals surface area contributed by atoms with Gasteiger partial charge in [-0.15, -0.1) is 0 Å². The van der Waals surface area contributed by atoms with E-state index in [0.29, 0.717) is 0 Å². The van der Waals surface area contributed by atoms with Crippen LogP contribution in [0.25, 0.3) is 0 Å². The van der Waals surface area contributed by atoms with Crippen LogP contribution < -0.4 is 5.32 Å². The first-order valence-corrected chi connectivity index (χ1v) is 7.53. The molecule has 1 atom stereocenters. The van der Waals surface area contributed by atoms with Gasteiger partial charge in [0.1, 0.15) is 5.76 Å². The number of furan rings is 1. The Hall–Kier alpha value is -0.770. The number of hydrogen-bond donors (Lipinski definition) is 1. The topological polar surface area (TPSA) is 25.2 Å². The zero-order valence-corrected chi connectivity index (χ0v) is 13.4. The molecule has 1 aromatic carbocycles. The Morgan fingerprint density at radius 3 is 2.68 bits per heavy atom. The molecule has 0 radical (unpaired) electrons. The van der Waals surface area contributed by atoms with Gasteiger partial charge in [0.2, 0.25) is 0 Å². The van der Waals surface area contributed by atoms with Gasteiger partial charge in [-0.05, 0) is 71.2 Å². The van der Waals surface area contributed by atoms with Crippen molar-refractivity contribution < 1.29 is 4.42 Å². The minimum absolute atomic E-state index is 0.0312. The third-order valence-electron chi connectivity index (χ3n) is 2.87. The Morgan fingerprint density at radius 2 is 2.11 bits per heavy atom. The summed E-state index contributed by atoms with van der Waals surface area (Å²) < 4.78 is 6.43. The van der Waals surface area contributed by atoms with Crippen LogP contribution in [-0.4, -0.2) is 6.54 Å². The molecule has 0 amide bonds. The lowest BCUT2D eigenvalue weighted by Gasteiger charge is -2.17. The van der Waals surface area contributed by atoms with E-state index in [9.17, 15) is 0 Å². The first-order chi connectivity index (χ1) is 9.10. The molecule has 102 valence electrons. The second kappa shape index (κ2) is 6.60. The third-order valence-corrected chi connectivity index (χ3v) is 3.52. The molecule has 1 aromatic heterocycles. The van der Waals surface area contributed by atoms with Crippen molar-refractivity contribution in [3.63, 3.8) is 0 Å². The number of rotatable bonds is 5. The molecule has 1 heterocycles. The van der Waals surface area contributed by atoms with Gasteiger partial charge in [0.25, 0.3) is 0 Å². The maximum absolute atomic E-state index is 6.15. The quantitative estimate of drug-likeness (QED) is 0.818. The monoisotopic (exact) mass is 341 g/mol. The Labute approximate surface area is 127 Å². The fraction of sp³-hybridized carbons (Fsp3) is 0.333. The Bertz CT molecular complexity index is 533. The molecule has 1 N–H and O–H groups in total. The van der Waals surface area contributed by atoms with Gasteiger partial charge >= 0.3 is 0 Å². The predicted octanol–water partition coefficient (Wildman–Crippen LogP) is 5.09. The standard InChI is InChI=1S/C15H17BrClNO/c1-3-6-18-15(13-4-5-14(16)19-13)11-7-10(2)8-12(17)9-11/h4-5,7-9,15,18H,3,6H2,1-2H3. The average Bonchev–Trinajstić information content (AvgIpc) is 2.75. The van der Waals surface area contributed by atoms with Crippen molar-refractivity contribution in [2.24, 2.45) is 0 Å².